The standard InChI is InChI=1S/C23H25N5O7/c1-12-5-7-16(8-6-12)27-21-18-22(25-10-24-21)28(11-26-18)23-20(34-15(4)31)19(33-14(3)30)17(35-23)9-32-13(2)29/h5-8,10-11,17,19-20,23H,9H2,1-4H3,(H,24,25,27)/t17-,19?,20?,23-/m1/s1. The number of imidazole rings is 1. The molecule has 12 nitrogen and oxygen atoms in total. The van der Waals surface area contributed by atoms with E-state index in [4.69, 9.17) is 18.9 Å². The molecule has 0 saturated carbocycles. The third kappa shape index (κ3) is 5.38. The van der Waals surface area contributed by atoms with Crippen LogP contribution >= 0.6 is 0 Å². The molecule has 4 atom stereocenters. The zero-order valence-electron chi connectivity index (χ0n) is 19.6. The number of benzene rings is 1. The summed E-state index contributed by atoms with van der Waals surface area (Å²) in [5.74, 6) is -1.27. The molecule has 0 aliphatic carbocycles. The molecule has 1 saturated heterocycles. The Morgan fingerprint density at radius 1 is 0.971 bits per heavy atom. The predicted octanol–water partition coefficient (Wildman–Crippen LogP) is 2.20. The molecule has 12 heteroatoms. The van der Waals surface area contributed by atoms with Gasteiger partial charge in [0.1, 0.15) is 19.0 Å². The van der Waals surface area contributed by atoms with Gasteiger partial charge in [0, 0.05) is 26.5 Å². The lowest BCUT2D eigenvalue weighted by Crippen LogP contribution is -2.40. The molecule has 0 amide bonds. The van der Waals surface area contributed by atoms with Gasteiger partial charge < -0.3 is 24.3 Å². The van der Waals surface area contributed by atoms with Crippen molar-refractivity contribution in [2.24, 2.45) is 0 Å². The molecule has 3 heterocycles. The Morgan fingerprint density at radius 3 is 2.31 bits per heavy atom. The molecular weight excluding hydrogens is 458 g/mol. The summed E-state index contributed by atoms with van der Waals surface area (Å²) in [5.41, 5.74) is 2.78. The normalized spacial score (nSPS) is 21.5. The SMILES string of the molecule is CC(=O)OC[C@H]1O[C@@H](n2cnc3c(Nc4ccc(C)cc4)ncnc32)C(OC(C)=O)C1OC(C)=O. The van der Waals surface area contributed by atoms with Gasteiger partial charge in [0.05, 0.1) is 6.33 Å². The van der Waals surface area contributed by atoms with Crippen LogP contribution in [0.3, 0.4) is 0 Å². The topological polar surface area (TPSA) is 144 Å². The van der Waals surface area contributed by atoms with Crippen molar-refractivity contribution in [2.45, 2.75) is 52.2 Å². The van der Waals surface area contributed by atoms with E-state index in [-0.39, 0.29) is 6.61 Å². The summed E-state index contributed by atoms with van der Waals surface area (Å²) in [7, 11) is 0. The van der Waals surface area contributed by atoms with Gasteiger partial charge in [-0.15, -0.1) is 0 Å². The number of rotatable bonds is 7. The van der Waals surface area contributed by atoms with Crippen LogP contribution in [-0.4, -0.2) is 62.3 Å². The van der Waals surface area contributed by atoms with E-state index >= 15 is 0 Å². The second-order valence-corrected chi connectivity index (χ2v) is 8.05. The van der Waals surface area contributed by atoms with Crippen molar-refractivity contribution in [3.05, 3.63) is 42.5 Å². The molecule has 4 rings (SSSR count). The highest BCUT2D eigenvalue weighted by Gasteiger charge is 2.51. The predicted molar refractivity (Wildman–Crippen MR) is 121 cm³/mol. The van der Waals surface area contributed by atoms with Gasteiger partial charge in [-0.25, -0.2) is 15.0 Å². The maximum atomic E-state index is 11.9. The minimum Gasteiger partial charge on any atom is -0.463 e. The van der Waals surface area contributed by atoms with Crippen LogP contribution in [0.15, 0.2) is 36.9 Å². The number of nitrogens with zero attached hydrogens (tertiary/aromatic N) is 4. The van der Waals surface area contributed by atoms with Crippen molar-refractivity contribution < 1.29 is 33.3 Å². The Kier molecular flexibility index (Phi) is 6.92. The number of hydrogen-bond donors (Lipinski definition) is 1. The quantitative estimate of drug-likeness (QED) is 0.390. The van der Waals surface area contributed by atoms with Gasteiger partial charge in [0.2, 0.25) is 0 Å². The summed E-state index contributed by atoms with van der Waals surface area (Å²) in [6.07, 6.45) is -1.08. The van der Waals surface area contributed by atoms with E-state index in [1.54, 1.807) is 4.57 Å². The summed E-state index contributed by atoms with van der Waals surface area (Å²) in [5, 5.41) is 3.22. The Hall–Kier alpha value is -4.06. The van der Waals surface area contributed by atoms with Gasteiger partial charge in [-0.3, -0.25) is 19.0 Å². The van der Waals surface area contributed by atoms with E-state index in [9.17, 15) is 14.4 Å². The molecule has 0 spiro atoms. The first kappa shape index (κ1) is 24.1. The fraction of sp³-hybridized carbons (Fsp3) is 0.391. The van der Waals surface area contributed by atoms with Gasteiger partial charge in [-0.1, -0.05) is 17.7 Å². The van der Waals surface area contributed by atoms with E-state index < -0.39 is 42.4 Å². The van der Waals surface area contributed by atoms with Crippen molar-refractivity contribution in [1.82, 2.24) is 19.5 Å². The summed E-state index contributed by atoms with van der Waals surface area (Å²) in [6, 6.07) is 7.77. The summed E-state index contributed by atoms with van der Waals surface area (Å²) in [4.78, 5) is 48.1. The van der Waals surface area contributed by atoms with Crippen LogP contribution in [0.25, 0.3) is 11.2 Å². The number of nitrogens with one attached hydrogen (secondary N) is 1. The molecule has 1 fully saturated rings. The summed E-state index contributed by atoms with van der Waals surface area (Å²) < 4.78 is 23.6. The van der Waals surface area contributed by atoms with Crippen LogP contribution in [0.5, 0.6) is 0 Å². The molecule has 0 radical (unpaired) electrons. The molecule has 1 N–H and O–H groups in total. The largest absolute Gasteiger partial charge is 0.463 e. The first-order valence-corrected chi connectivity index (χ1v) is 10.9. The molecule has 2 unspecified atom stereocenters. The van der Waals surface area contributed by atoms with E-state index in [0.29, 0.717) is 17.0 Å². The van der Waals surface area contributed by atoms with Crippen molar-refractivity contribution in [1.29, 1.82) is 0 Å². The minimum atomic E-state index is -1.04. The molecular formula is C23H25N5O7. The highest BCUT2D eigenvalue weighted by Crippen LogP contribution is 2.36. The number of carbonyl (C=O) groups is 3. The number of hydrogen-bond acceptors (Lipinski definition) is 11. The van der Waals surface area contributed by atoms with Crippen LogP contribution in [-0.2, 0) is 33.3 Å². The van der Waals surface area contributed by atoms with E-state index in [2.05, 4.69) is 20.3 Å². The van der Waals surface area contributed by atoms with Crippen molar-refractivity contribution in [2.75, 3.05) is 11.9 Å². The highest BCUT2D eigenvalue weighted by atomic mass is 16.7. The molecule has 1 aliphatic rings. The average Bonchev–Trinajstić information content (AvgIpc) is 3.36. The van der Waals surface area contributed by atoms with Gasteiger partial charge in [-0.05, 0) is 19.1 Å². The lowest BCUT2D eigenvalue weighted by atomic mass is 10.1. The zero-order valence-corrected chi connectivity index (χ0v) is 19.6. The van der Waals surface area contributed by atoms with Crippen LogP contribution in [0.2, 0.25) is 0 Å². The fourth-order valence-electron chi connectivity index (χ4n) is 3.82. The molecule has 0 bridgehead atoms. The first-order chi connectivity index (χ1) is 16.7. The van der Waals surface area contributed by atoms with E-state index in [0.717, 1.165) is 11.3 Å². The van der Waals surface area contributed by atoms with Crippen LogP contribution in [0.4, 0.5) is 11.5 Å². The lowest BCUT2D eigenvalue weighted by molar-refractivity contribution is -0.166. The molecule has 3 aromatic rings. The molecule has 1 aromatic carbocycles. The van der Waals surface area contributed by atoms with E-state index in [1.165, 1.54) is 33.4 Å². The Labute approximate surface area is 200 Å². The van der Waals surface area contributed by atoms with Crippen LogP contribution in [0.1, 0.15) is 32.6 Å². The van der Waals surface area contributed by atoms with Crippen LogP contribution in [0, 0.1) is 6.92 Å². The second kappa shape index (κ2) is 10.1. The molecule has 1 aliphatic heterocycles. The van der Waals surface area contributed by atoms with E-state index in [1.807, 2.05) is 31.2 Å². The maximum absolute atomic E-state index is 11.9. The fourth-order valence-corrected chi connectivity index (χ4v) is 3.82. The van der Waals surface area contributed by atoms with Gasteiger partial charge in [0.15, 0.2) is 35.4 Å². The lowest BCUT2D eigenvalue weighted by Gasteiger charge is -2.23. The first-order valence-electron chi connectivity index (χ1n) is 10.9. The molecule has 35 heavy (non-hydrogen) atoms. The third-order valence-corrected chi connectivity index (χ3v) is 5.29. The number of esters is 3. The Bertz CT molecular complexity index is 1240. The van der Waals surface area contributed by atoms with Crippen molar-refractivity contribution in [3.63, 3.8) is 0 Å². The van der Waals surface area contributed by atoms with Crippen molar-refractivity contribution >= 4 is 40.6 Å². The maximum Gasteiger partial charge on any atom is 0.303 e. The number of anilines is 2. The van der Waals surface area contributed by atoms with Crippen molar-refractivity contribution in [3.8, 4) is 0 Å². The number of fused-ring (bicyclic) bond motifs is 1. The minimum absolute atomic E-state index is 0.205. The highest BCUT2D eigenvalue weighted by molar-refractivity contribution is 5.85. The van der Waals surface area contributed by atoms with Crippen LogP contribution < -0.4 is 5.32 Å². The smallest absolute Gasteiger partial charge is 0.303 e. The number of carbonyl (C=O) groups excluding carboxylic acids is 3. The third-order valence-electron chi connectivity index (χ3n) is 5.29. The van der Waals surface area contributed by atoms with Gasteiger partial charge in [-0.2, -0.15) is 0 Å². The molecule has 2 aromatic heterocycles. The molecule has 184 valence electrons. The van der Waals surface area contributed by atoms with Gasteiger partial charge in [0.25, 0.3) is 0 Å². The zero-order chi connectivity index (χ0) is 25.1. The number of ether oxygens (including phenoxy) is 4. The average molecular weight is 483 g/mol. The summed E-state index contributed by atoms with van der Waals surface area (Å²) >= 11 is 0. The number of aryl methyl sites for hydroxylation is 1. The summed E-state index contributed by atoms with van der Waals surface area (Å²) in [6.45, 7) is 5.50. The second-order valence-electron chi connectivity index (χ2n) is 8.05. The number of aromatic nitrogens is 4. The Morgan fingerprint density at radius 2 is 1.66 bits per heavy atom. The monoisotopic (exact) mass is 483 g/mol. The van der Waals surface area contributed by atoms with Gasteiger partial charge >= 0.3 is 17.9 Å². The Balaban J connectivity index is 1.70.